The number of carbonyl (C=O) groups is 1. The average molecular weight is 288 g/mol. The van der Waals surface area contributed by atoms with Crippen molar-refractivity contribution in [3.63, 3.8) is 0 Å². The normalized spacial score (nSPS) is 28.9. The number of carbonyl (C=O) groups excluding carboxylic acids is 1. The van der Waals surface area contributed by atoms with Gasteiger partial charge >= 0.3 is 0 Å². The minimum atomic E-state index is -0.396. The van der Waals surface area contributed by atoms with Crippen LogP contribution in [0, 0.1) is 0 Å². The number of nitrogens with one attached hydrogen (secondary N) is 2. The minimum absolute atomic E-state index is 0.0236. The van der Waals surface area contributed by atoms with E-state index < -0.39 is 6.10 Å². The third kappa shape index (κ3) is 3.38. The first kappa shape index (κ1) is 14.4. The Morgan fingerprint density at radius 1 is 1.14 bits per heavy atom. The molecule has 3 N–H and O–H groups in total. The van der Waals surface area contributed by atoms with E-state index in [4.69, 9.17) is 0 Å². The number of aliphatic hydroxyl groups excluding tert-OH is 1. The van der Waals surface area contributed by atoms with Crippen LogP contribution in [0.25, 0.3) is 0 Å². The lowest BCUT2D eigenvalue weighted by molar-refractivity contribution is -0.123. The third-order valence-corrected chi connectivity index (χ3v) is 4.67. The second-order valence-corrected chi connectivity index (χ2v) is 6.21. The highest BCUT2D eigenvalue weighted by atomic mass is 16.3. The summed E-state index contributed by atoms with van der Waals surface area (Å²) in [6.45, 7) is 0. The second kappa shape index (κ2) is 6.48. The molecule has 0 saturated heterocycles. The number of hydrogen-bond donors (Lipinski definition) is 3. The van der Waals surface area contributed by atoms with Gasteiger partial charge in [0.2, 0.25) is 5.91 Å². The molecule has 0 aromatic heterocycles. The van der Waals surface area contributed by atoms with Crippen LogP contribution in [0.1, 0.15) is 44.1 Å². The van der Waals surface area contributed by atoms with Crippen molar-refractivity contribution in [2.75, 3.05) is 5.32 Å². The Morgan fingerprint density at radius 2 is 1.95 bits per heavy atom. The molecule has 4 heteroatoms. The number of anilines is 1. The maximum absolute atomic E-state index is 12.4. The molecule has 3 rings (SSSR count). The van der Waals surface area contributed by atoms with Crippen LogP contribution in [-0.2, 0) is 11.2 Å². The van der Waals surface area contributed by atoms with Crippen molar-refractivity contribution >= 4 is 11.6 Å². The van der Waals surface area contributed by atoms with Crippen molar-refractivity contribution in [3.05, 3.63) is 29.8 Å². The number of aliphatic hydroxyl groups is 1. The molecule has 2 aliphatic rings. The van der Waals surface area contributed by atoms with Crippen LogP contribution in [0.4, 0.5) is 5.69 Å². The van der Waals surface area contributed by atoms with Crippen molar-refractivity contribution < 1.29 is 9.90 Å². The first-order valence-corrected chi connectivity index (χ1v) is 8.07. The van der Waals surface area contributed by atoms with Gasteiger partial charge in [-0.05, 0) is 37.3 Å². The average Bonchev–Trinajstić information content (AvgIpc) is 2.72. The Morgan fingerprint density at radius 3 is 2.86 bits per heavy atom. The quantitative estimate of drug-likeness (QED) is 0.731. The molecule has 1 aliphatic carbocycles. The van der Waals surface area contributed by atoms with Gasteiger partial charge in [0.05, 0.1) is 12.1 Å². The first-order valence-electron chi connectivity index (χ1n) is 8.07. The van der Waals surface area contributed by atoms with Crippen LogP contribution in [0.2, 0.25) is 0 Å². The molecule has 21 heavy (non-hydrogen) atoms. The van der Waals surface area contributed by atoms with E-state index in [-0.39, 0.29) is 18.0 Å². The molecule has 0 radical (unpaired) electrons. The van der Waals surface area contributed by atoms with Gasteiger partial charge in [-0.3, -0.25) is 4.79 Å². The molecule has 1 aliphatic heterocycles. The summed E-state index contributed by atoms with van der Waals surface area (Å²) in [5.41, 5.74) is 2.33. The molecule has 1 aromatic rings. The van der Waals surface area contributed by atoms with Gasteiger partial charge in [0.25, 0.3) is 0 Å². The van der Waals surface area contributed by atoms with Crippen molar-refractivity contribution in [2.45, 2.75) is 63.1 Å². The second-order valence-electron chi connectivity index (χ2n) is 6.21. The fraction of sp³-hybridized carbons (Fsp3) is 0.588. The van der Waals surface area contributed by atoms with Crippen LogP contribution < -0.4 is 10.6 Å². The minimum Gasteiger partial charge on any atom is -0.391 e. The lowest BCUT2D eigenvalue weighted by atomic mass is 9.97. The molecule has 1 aromatic carbocycles. The third-order valence-electron chi connectivity index (χ3n) is 4.67. The van der Waals surface area contributed by atoms with Crippen molar-refractivity contribution in [1.82, 2.24) is 5.32 Å². The van der Waals surface area contributed by atoms with Crippen LogP contribution in [0.3, 0.4) is 0 Å². The maximum atomic E-state index is 12.4. The number of hydrogen-bond acceptors (Lipinski definition) is 3. The predicted octanol–water partition coefficient (Wildman–Crippen LogP) is 2.22. The number of para-hydroxylation sites is 1. The first-order chi connectivity index (χ1) is 10.2. The number of benzene rings is 1. The molecular weight excluding hydrogens is 264 g/mol. The molecule has 1 heterocycles. The van der Waals surface area contributed by atoms with Gasteiger partial charge in [-0.15, -0.1) is 0 Å². The summed E-state index contributed by atoms with van der Waals surface area (Å²) in [5.74, 6) is 0.0236. The SMILES string of the molecule is O=C(NC1CCCCCC1O)C1CCc2ccccc2N1. The standard InChI is InChI=1S/C17H24N2O2/c20-16-9-3-1-2-8-14(16)19-17(21)15-11-10-12-6-4-5-7-13(12)18-15/h4-7,14-16,18,20H,1-3,8-11H2,(H,19,21). The van der Waals surface area contributed by atoms with E-state index in [1.807, 2.05) is 18.2 Å². The summed E-state index contributed by atoms with van der Waals surface area (Å²) in [6, 6.07) is 7.87. The Hall–Kier alpha value is -1.55. The Kier molecular flexibility index (Phi) is 4.44. The monoisotopic (exact) mass is 288 g/mol. The van der Waals surface area contributed by atoms with E-state index in [0.717, 1.165) is 50.6 Å². The van der Waals surface area contributed by atoms with Gasteiger partial charge in [0.15, 0.2) is 0 Å². The molecule has 1 amide bonds. The van der Waals surface area contributed by atoms with Crippen LogP contribution >= 0.6 is 0 Å². The number of fused-ring (bicyclic) bond motifs is 1. The predicted molar refractivity (Wildman–Crippen MR) is 83.2 cm³/mol. The molecular formula is C17H24N2O2. The van der Waals surface area contributed by atoms with E-state index in [9.17, 15) is 9.90 Å². The lowest BCUT2D eigenvalue weighted by Gasteiger charge is -2.29. The Balaban J connectivity index is 1.61. The van der Waals surface area contributed by atoms with E-state index in [0.29, 0.717) is 0 Å². The molecule has 0 bridgehead atoms. The summed E-state index contributed by atoms with van der Waals surface area (Å²) in [4.78, 5) is 12.4. The highest BCUT2D eigenvalue weighted by Gasteiger charge is 2.28. The summed E-state index contributed by atoms with van der Waals surface area (Å²) in [5, 5.41) is 16.5. The molecule has 4 nitrogen and oxygen atoms in total. The van der Waals surface area contributed by atoms with Crippen molar-refractivity contribution in [1.29, 1.82) is 0 Å². The van der Waals surface area contributed by atoms with E-state index in [2.05, 4.69) is 16.7 Å². The summed E-state index contributed by atoms with van der Waals surface area (Å²) < 4.78 is 0. The Bertz CT molecular complexity index is 503. The van der Waals surface area contributed by atoms with Gasteiger partial charge in [0.1, 0.15) is 6.04 Å². The highest BCUT2D eigenvalue weighted by Crippen LogP contribution is 2.25. The zero-order chi connectivity index (χ0) is 14.7. The topological polar surface area (TPSA) is 61.4 Å². The summed E-state index contributed by atoms with van der Waals surface area (Å²) >= 11 is 0. The summed E-state index contributed by atoms with van der Waals surface area (Å²) in [7, 11) is 0. The number of amides is 1. The molecule has 3 unspecified atom stereocenters. The van der Waals surface area contributed by atoms with Gasteiger partial charge < -0.3 is 15.7 Å². The summed E-state index contributed by atoms with van der Waals surface area (Å²) in [6.07, 6.45) is 6.32. The zero-order valence-electron chi connectivity index (χ0n) is 12.3. The number of rotatable bonds is 2. The van der Waals surface area contributed by atoms with Gasteiger partial charge in [0, 0.05) is 5.69 Å². The molecule has 1 fully saturated rings. The fourth-order valence-electron chi connectivity index (χ4n) is 3.38. The van der Waals surface area contributed by atoms with Crippen LogP contribution in [0.5, 0.6) is 0 Å². The zero-order valence-corrected chi connectivity index (χ0v) is 12.3. The van der Waals surface area contributed by atoms with Crippen molar-refractivity contribution in [3.8, 4) is 0 Å². The maximum Gasteiger partial charge on any atom is 0.242 e. The molecule has 1 saturated carbocycles. The van der Waals surface area contributed by atoms with Crippen LogP contribution in [-0.4, -0.2) is 29.2 Å². The smallest absolute Gasteiger partial charge is 0.242 e. The Labute approximate surface area is 125 Å². The molecule has 0 spiro atoms. The van der Waals surface area contributed by atoms with Gasteiger partial charge in [-0.25, -0.2) is 0 Å². The van der Waals surface area contributed by atoms with E-state index in [1.54, 1.807) is 0 Å². The fourth-order valence-corrected chi connectivity index (χ4v) is 3.38. The molecule has 3 atom stereocenters. The largest absolute Gasteiger partial charge is 0.391 e. The van der Waals surface area contributed by atoms with Crippen molar-refractivity contribution in [2.24, 2.45) is 0 Å². The van der Waals surface area contributed by atoms with Gasteiger partial charge in [-0.2, -0.15) is 0 Å². The van der Waals surface area contributed by atoms with Crippen LogP contribution in [0.15, 0.2) is 24.3 Å². The van der Waals surface area contributed by atoms with E-state index in [1.165, 1.54) is 5.56 Å². The van der Waals surface area contributed by atoms with E-state index >= 15 is 0 Å². The van der Waals surface area contributed by atoms with Gasteiger partial charge in [-0.1, -0.05) is 37.5 Å². The number of aryl methyl sites for hydroxylation is 1. The lowest BCUT2D eigenvalue weighted by Crippen LogP contribution is -2.49. The highest BCUT2D eigenvalue weighted by molar-refractivity contribution is 5.85. The molecule has 114 valence electrons.